The molecule has 2 radical (unpaired) electrons. The van der Waals surface area contributed by atoms with Crippen LogP contribution >= 0.6 is 11.6 Å². The third-order valence-corrected chi connectivity index (χ3v) is 2.06. The number of aromatic nitrogens is 2. The van der Waals surface area contributed by atoms with E-state index in [1.165, 1.54) is 12.1 Å². The van der Waals surface area contributed by atoms with Crippen LogP contribution in [0.5, 0.6) is 0 Å². The third-order valence-electron chi connectivity index (χ3n) is 1.84. The zero-order chi connectivity index (χ0) is 10.3. The molecule has 1 heterocycles. The molecule has 0 bridgehead atoms. The first-order chi connectivity index (χ1) is 6.58. The number of hydrogen-bond acceptors (Lipinski definition) is 2. The minimum absolute atomic E-state index is 0.273. The van der Waals surface area contributed by atoms with Gasteiger partial charge in [-0.25, -0.2) is 4.79 Å². The molecule has 0 atom stereocenters. The first-order valence-electron chi connectivity index (χ1n) is 3.79. The number of H-pyrrole nitrogens is 2. The van der Waals surface area contributed by atoms with Crippen LogP contribution in [-0.2, 0) is 0 Å². The second-order valence-electron chi connectivity index (χ2n) is 2.83. The number of aromatic amines is 2. The molecule has 0 saturated carbocycles. The summed E-state index contributed by atoms with van der Waals surface area (Å²) in [5.41, 5.74) is -0.506. The Labute approximate surface area is 84.3 Å². The highest BCUT2D eigenvalue weighted by molar-refractivity contribution is 6.41. The Bertz CT molecular complexity index is 617. The zero-order valence-electron chi connectivity index (χ0n) is 6.93. The largest absolute Gasteiger partial charge is 0.326 e. The summed E-state index contributed by atoms with van der Waals surface area (Å²) in [6, 6.07) is 2.92. The molecule has 14 heavy (non-hydrogen) atoms. The monoisotopic (exact) mass is 206 g/mol. The molecule has 0 amide bonds. The molecule has 0 unspecified atom stereocenters. The van der Waals surface area contributed by atoms with E-state index in [0.29, 0.717) is 10.5 Å². The van der Waals surface area contributed by atoms with Gasteiger partial charge < -0.3 is 4.98 Å². The van der Waals surface area contributed by atoms with Gasteiger partial charge in [0.1, 0.15) is 7.85 Å². The lowest BCUT2D eigenvalue weighted by atomic mass is 9.94. The van der Waals surface area contributed by atoms with Crippen LogP contribution in [-0.4, -0.2) is 17.8 Å². The second-order valence-corrected chi connectivity index (χ2v) is 3.26. The smallest absolute Gasteiger partial charge is 0.307 e. The zero-order valence-corrected chi connectivity index (χ0v) is 7.68. The van der Waals surface area contributed by atoms with Crippen molar-refractivity contribution in [1.82, 2.24) is 9.97 Å². The van der Waals surface area contributed by atoms with Crippen molar-refractivity contribution in [2.45, 2.75) is 0 Å². The van der Waals surface area contributed by atoms with Crippen molar-refractivity contribution in [1.29, 1.82) is 0 Å². The molecular formula is C8H4BClN2O2. The van der Waals surface area contributed by atoms with Crippen LogP contribution in [0, 0.1) is 0 Å². The van der Waals surface area contributed by atoms with Crippen LogP contribution < -0.4 is 16.7 Å². The average Bonchev–Trinajstić information content (AvgIpc) is 2.07. The molecule has 68 valence electrons. The maximum absolute atomic E-state index is 11.3. The summed E-state index contributed by atoms with van der Waals surface area (Å²) in [5.74, 6) is 0. The predicted molar refractivity (Wildman–Crippen MR) is 55.6 cm³/mol. The molecule has 0 spiro atoms. The van der Waals surface area contributed by atoms with Crippen molar-refractivity contribution < 1.29 is 0 Å². The molecule has 1 aromatic carbocycles. The van der Waals surface area contributed by atoms with Gasteiger partial charge in [-0.05, 0) is 12.1 Å². The van der Waals surface area contributed by atoms with E-state index in [2.05, 4.69) is 9.97 Å². The van der Waals surface area contributed by atoms with Crippen LogP contribution in [0.4, 0.5) is 0 Å². The SMILES string of the molecule is [B]c1cc(Cl)cc2c(=O)[nH]c(=O)[nH]c12. The van der Waals surface area contributed by atoms with Gasteiger partial charge in [0.05, 0.1) is 5.39 Å². The van der Waals surface area contributed by atoms with Crippen LogP contribution in [0.3, 0.4) is 0 Å². The number of halogens is 1. The molecular weight excluding hydrogens is 202 g/mol. The summed E-state index contributed by atoms with van der Waals surface area (Å²) in [5, 5.41) is 0.627. The molecule has 2 rings (SSSR count). The van der Waals surface area contributed by atoms with Gasteiger partial charge >= 0.3 is 5.69 Å². The van der Waals surface area contributed by atoms with Crippen molar-refractivity contribution >= 4 is 35.8 Å². The Morgan fingerprint density at radius 2 is 1.93 bits per heavy atom. The van der Waals surface area contributed by atoms with Crippen molar-refractivity contribution in [3.8, 4) is 0 Å². The molecule has 0 aliphatic rings. The van der Waals surface area contributed by atoms with E-state index in [-0.39, 0.29) is 10.8 Å². The Hall–Kier alpha value is -1.49. The van der Waals surface area contributed by atoms with E-state index in [1.807, 2.05) is 0 Å². The normalized spacial score (nSPS) is 10.6. The maximum atomic E-state index is 11.3. The summed E-state index contributed by atoms with van der Waals surface area (Å²) >= 11 is 5.71. The van der Waals surface area contributed by atoms with Crippen molar-refractivity contribution in [3.63, 3.8) is 0 Å². The number of rotatable bonds is 0. The lowest BCUT2D eigenvalue weighted by Crippen LogP contribution is -2.25. The maximum Gasteiger partial charge on any atom is 0.326 e. The molecule has 0 fully saturated rings. The lowest BCUT2D eigenvalue weighted by Gasteiger charge is -2.01. The van der Waals surface area contributed by atoms with Crippen LogP contribution in [0.1, 0.15) is 0 Å². The molecule has 0 aliphatic heterocycles. The molecule has 4 nitrogen and oxygen atoms in total. The predicted octanol–water partition coefficient (Wildman–Crippen LogP) is -0.336. The second kappa shape index (κ2) is 3.03. The standard InChI is InChI=1S/C8H4BClN2O2/c9-5-2-3(10)1-4-6(5)11-8(14)12-7(4)13/h1-2H,(H2,11,12,13,14). The summed E-state index contributed by atoms with van der Waals surface area (Å²) in [4.78, 5) is 26.8. The van der Waals surface area contributed by atoms with Crippen molar-refractivity contribution in [2.24, 2.45) is 0 Å². The van der Waals surface area contributed by atoms with Gasteiger partial charge in [-0.2, -0.15) is 0 Å². The molecule has 6 heteroatoms. The minimum atomic E-state index is -0.587. The number of fused-ring (bicyclic) bond motifs is 1. The Balaban J connectivity index is 3.10. The summed E-state index contributed by atoms with van der Waals surface area (Å²) in [7, 11) is 5.59. The van der Waals surface area contributed by atoms with E-state index >= 15 is 0 Å². The number of hydrogen-bond donors (Lipinski definition) is 2. The van der Waals surface area contributed by atoms with Gasteiger partial charge in [0, 0.05) is 10.5 Å². The Morgan fingerprint density at radius 3 is 2.64 bits per heavy atom. The quantitative estimate of drug-likeness (QED) is 0.579. The summed E-state index contributed by atoms with van der Waals surface area (Å²) < 4.78 is 0. The van der Waals surface area contributed by atoms with Crippen molar-refractivity contribution in [2.75, 3.05) is 0 Å². The minimum Gasteiger partial charge on any atom is -0.307 e. The van der Waals surface area contributed by atoms with E-state index in [1.54, 1.807) is 0 Å². The first kappa shape index (κ1) is 9.08. The Kier molecular flexibility index (Phi) is 1.96. The molecule has 0 aliphatic carbocycles. The van der Waals surface area contributed by atoms with Crippen LogP contribution in [0.25, 0.3) is 10.9 Å². The van der Waals surface area contributed by atoms with Crippen LogP contribution in [0.2, 0.25) is 5.02 Å². The molecule has 2 N–H and O–H groups in total. The summed E-state index contributed by atoms with van der Waals surface area (Å²) in [6.07, 6.45) is 0. The van der Waals surface area contributed by atoms with E-state index < -0.39 is 11.2 Å². The van der Waals surface area contributed by atoms with Gasteiger partial charge in [-0.15, -0.1) is 0 Å². The van der Waals surface area contributed by atoms with Gasteiger partial charge in [-0.1, -0.05) is 17.1 Å². The number of nitrogens with one attached hydrogen (secondary N) is 2. The van der Waals surface area contributed by atoms with Gasteiger partial charge in [0.25, 0.3) is 5.56 Å². The third kappa shape index (κ3) is 1.35. The van der Waals surface area contributed by atoms with E-state index in [0.717, 1.165) is 0 Å². The molecule has 0 saturated heterocycles. The van der Waals surface area contributed by atoms with E-state index in [9.17, 15) is 9.59 Å². The lowest BCUT2D eigenvalue weighted by molar-refractivity contribution is 1.08. The summed E-state index contributed by atoms with van der Waals surface area (Å²) in [6.45, 7) is 0. The van der Waals surface area contributed by atoms with Gasteiger partial charge in [0.2, 0.25) is 0 Å². The highest BCUT2D eigenvalue weighted by atomic mass is 35.5. The topological polar surface area (TPSA) is 65.7 Å². The molecule has 2 aromatic rings. The highest BCUT2D eigenvalue weighted by Crippen LogP contribution is 2.10. The fourth-order valence-corrected chi connectivity index (χ4v) is 1.49. The first-order valence-corrected chi connectivity index (χ1v) is 4.17. The average molecular weight is 206 g/mol. The van der Waals surface area contributed by atoms with Gasteiger partial charge in [-0.3, -0.25) is 9.78 Å². The Morgan fingerprint density at radius 1 is 1.21 bits per heavy atom. The fraction of sp³-hybridized carbons (Fsp3) is 0. The van der Waals surface area contributed by atoms with Crippen LogP contribution in [0.15, 0.2) is 21.7 Å². The fourth-order valence-electron chi connectivity index (χ4n) is 1.26. The highest BCUT2D eigenvalue weighted by Gasteiger charge is 2.03. The van der Waals surface area contributed by atoms with Crippen molar-refractivity contribution in [3.05, 3.63) is 38.0 Å². The van der Waals surface area contributed by atoms with Gasteiger partial charge in [0.15, 0.2) is 0 Å². The molecule has 1 aromatic heterocycles. The van der Waals surface area contributed by atoms with E-state index in [4.69, 9.17) is 19.4 Å². The number of benzene rings is 1.